The molecule has 3 heteroatoms. The van der Waals surface area contributed by atoms with Gasteiger partial charge < -0.3 is 4.74 Å². The van der Waals surface area contributed by atoms with Crippen LogP contribution in [0.3, 0.4) is 0 Å². The first kappa shape index (κ1) is 8.21. The SMILES string of the molecule is Cc1nc(CC#N)cc2c1COC2. The first-order valence-electron chi connectivity index (χ1n) is 4.24. The van der Waals surface area contributed by atoms with Crippen LogP contribution < -0.4 is 0 Å². The maximum Gasteiger partial charge on any atom is 0.0774 e. The van der Waals surface area contributed by atoms with Gasteiger partial charge in [0, 0.05) is 11.3 Å². The second-order valence-corrected chi connectivity index (χ2v) is 3.16. The van der Waals surface area contributed by atoms with Crippen molar-refractivity contribution >= 4 is 0 Å². The third kappa shape index (κ3) is 1.41. The van der Waals surface area contributed by atoms with Crippen LogP contribution in [0.5, 0.6) is 0 Å². The van der Waals surface area contributed by atoms with Gasteiger partial charge in [0.2, 0.25) is 0 Å². The summed E-state index contributed by atoms with van der Waals surface area (Å²) in [5.74, 6) is 0. The first-order chi connectivity index (χ1) is 6.31. The molecule has 1 aromatic heterocycles. The fourth-order valence-electron chi connectivity index (χ4n) is 1.60. The quantitative estimate of drug-likeness (QED) is 0.648. The van der Waals surface area contributed by atoms with Crippen molar-refractivity contribution in [3.05, 3.63) is 28.6 Å². The van der Waals surface area contributed by atoms with Crippen molar-refractivity contribution in [3.8, 4) is 6.07 Å². The van der Waals surface area contributed by atoms with Gasteiger partial charge in [-0.05, 0) is 18.6 Å². The van der Waals surface area contributed by atoms with Crippen molar-refractivity contribution in [1.29, 1.82) is 5.26 Å². The van der Waals surface area contributed by atoms with Gasteiger partial charge in [-0.1, -0.05) is 0 Å². The van der Waals surface area contributed by atoms with Crippen LogP contribution in [0.15, 0.2) is 6.07 Å². The molecule has 0 unspecified atom stereocenters. The van der Waals surface area contributed by atoms with E-state index >= 15 is 0 Å². The predicted octanol–water partition coefficient (Wildman–Crippen LogP) is 1.49. The summed E-state index contributed by atoms with van der Waals surface area (Å²) in [4.78, 5) is 4.33. The number of nitriles is 1. The molecule has 0 fully saturated rings. The summed E-state index contributed by atoms with van der Waals surface area (Å²) >= 11 is 0. The van der Waals surface area contributed by atoms with E-state index in [0.29, 0.717) is 19.6 Å². The van der Waals surface area contributed by atoms with E-state index in [1.54, 1.807) is 0 Å². The second kappa shape index (κ2) is 3.15. The van der Waals surface area contributed by atoms with E-state index < -0.39 is 0 Å². The Morgan fingerprint density at radius 2 is 2.46 bits per heavy atom. The van der Waals surface area contributed by atoms with Crippen LogP contribution in [0.1, 0.15) is 22.5 Å². The van der Waals surface area contributed by atoms with Crippen molar-refractivity contribution in [2.75, 3.05) is 0 Å². The number of nitrogens with zero attached hydrogens (tertiary/aromatic N) is 2. The summed E-state index contributed by atoms with van der Waals surface area (Å²) in [5, 5.41) is 8.54. The van der Waals surface area contributed by atoms with E-state index in [4.69, 9.17) is 10.00 Å². The first-order valence-corrected chi connectivity index (χ1v) is 4.24. The lowest BCUT2D eigenvalue weighted by Crippen LogP contribution is -1.97. The minimum atomic E-state index is 0.383. The molecule has 0 spiro atoms. The lowest BCUT2D eigenvalue weighted by molar-refractivity contribution is 0.134. The number of pyridine rings is 1. The van der Waals surface area contributed by atoms with Crippen LogP contribution in [0, 0.1) is 18.3 Å². The van der Waals surface area contributed by atoms with E-state index in [0.717, 1.165) is 11.4 Å². The monoisotopic (exact) mass is 174 g/mol. The van der Waals surface area contributed by atoms with Crippen LogP contribution >= 0.6 is 0 Å². The van der Waals surface area contributed by atoms with Gasteiger partial charge in [-0.25, -0.2) is 0 Å². The standard InChI is InChI=1S/C10H10N2O/c1-7-10-6-13-5-8(10)4-9(12-7)2-3-11/h4H,2,5-6H2,1H3. The van der Waals surface area contributed by atoms with Crippen molar-refractivity contribution in [1.82, 2.24) is 4.98 Å². The van der Waals surface area contributed by atoms with Crippen molar-refractivity contribution in [2.45, 2.75) is 26.6 Å². The highest BCUT2D eigenvalue weighted by Crippen LogP contribution is 2.22. The molecular formula is C10H10N2O. The number of ether oxygens (including phenoxy) is 1. The molecule has 0 radical (unpaired) electrons. The van der Waals surface area contributed by atoms with Gasteiger partial charge in [0.15, 0.2) is 0 Å². The number of fused-ring (bicyclic) bond motifs is 1. The van der Waals surface area contributed by atoms with Gasteiger partial charge in [0.25, 0.3) is 0 Å². The van der Waals surface area contributed by atoms with Crippen LogP contribution in [0.4, 0.5) is 0 Å². The Morgan fingerprint density at radius 1 is 1.62 bits per heavy atom. The molecule has 0 aromatic carbocycles. The zero-order chi connectivity index (χ0) is 9.26. The van der Waals surface area contributed by atoms with Gasteiger partial charge in [-0.3, -0.25) is 4.98 Å². The lowest BCUT2D eigenvalue weighted by Gasteiger charge is -2.03. The minimum absolute atomic E-state index is 0.383. The highest BCUT2D eigenvalue weighted by Gasteiger charge is 2.15. The van der Waals surface area contributed by atoms with Crippen LogP contribution in [0.2, 0.25) is 0 Å². The Bertz CT molecular complexity index is 379. The molecule has 0 saturated carbocycles. The molecule has 2 rings (SSSR count). The topological polar surface area (TPSA) is 45.9 Å². The Morgan fingerprint density at radius 3 is 3.23 bits per heavy atom. The van der Waals surface area contributed by atoms with Gasteiger partial charge in [-0.2, -0.15) is 5.26 Å². The second-order valence-electron chi connectivity index (χ2n) is 3.16. The normalized spacial score (nSPS) is 13.8. The molecule has 1 aliphatic heterocycles. The van der Waals surface area contributed by atoms with Crippen LogP contribution in [-0.2, 0) is 24.4 Å². The average Bonchev–Trinajstić information content (AvgIpc) is 2.53. The van der Waals surface area contributed by atoms with Gasteiger partial charge in [0.05, 0.1) is 31.4 Å². The van der Waals surface area contributed by atoms with Gasteiger partial charge >= 0.3 is 0 Å². The maximum atomic E-state index is 8.54. The number of aromatic nitrogens is 1. The van der Waals surface area contributed by atoms with Crippen LogP contribution in [0.25, 0.3) is 0 Å². The molecule has 0 bridgehead atoms. The molecule has 66 valence electrons. The van der Waals surface area contributed by atoms with Crippen molar-refractivity contribution in [3.63, 3.8) is 0 Å². The third-order valence-electron chi connectivity index (χ3n) is 2.24. The Kier molecular flexibility index (Phi) is 1.99. The number of hydrogen-bond donors (Lipinski definition) is 0. The van der Waals surface area contributed by atoms with E-state index in [9.17, 15) is 0 Å². The molecule has 0 saturated heterocycles. The number of rotatable bonds is 1. The zero-order valence-corrected chi connectivity index (χ0v) is 7.50. The smallest absolute Gasteiger partial charge is 0.0774 e. The Labute approximate surface area is 77.0 Å². The van der Waals surface area contributed by atoms with E-state index in [2.05, 4.69) is 11.1 Å². The summed E-state index contributed by atoms with van der Waals surface area (Å²) in [7, 11) is 0. The molecule has 1 aromatic rings. The van der Waals surface area contributed by atoms with Crippen molar-refractivity contribution in [2.24, 2.45) is 0 Å². The van der Waals surface area contributed by atoms with Gasteiger partial charge in [-0.15, -0.1) is 0 Å². The molecule has 1 aliphatic rings. The van der Waals surface area contributed by atoms with Gasteiger partial charge in [0.1, 0.15) is 0 Å². The minimum Gasteiger partial charge on any atom is -0.372 e. The Hall–Kier alpha value is -1.40. The molecular weight excluding hydrogens is 164 g/mol. The highest BCUT2D eigenvalue weighted by atomic mass is 16.5. The molecule has 0 aliphatic carbocycles. The summed E-state index contributed by atoms with van der Waals surface area (Å²) in [6, 6.07) is 4.07. The van der Waals surface area contributed by atoms with Crippen LogP contribution in [-0.4, -0.2) is 4.98 Å². The summed E-state index contributed by atoms with van der Waals surface area (Å²) < 4.78 is 5.31. The van der Waals surface area contributed by atoms with E-state index in [1.807, 2.05) is 13.0 Å². The highest BCUT2D eigenvalue weighted by molar-refractivity contribution is 5.34. The summed E-state index contributed by atoms with van der Waals surface area (Å²) in [6.07, 6.45) is 0.383. The average molecular weight is 174 g/mol. The molecule has 13 heavy (non-hydrogen) atoms. The number of aryl methyl sites for hydroxylation is 1. The zero-order valence-electron chi connectivity index (χ0n) is 7.50. The Balaban J connectivity index is 2.44. The number of hydrogen-bond acceptors (Lipinski definition) is 3. The molecule has 3 nitrogen and oxygen atoms in total. The fraction of sp³-hybridized carbons (Fsp3) is 0.400. The lowest BCUT2D eigenvalue weighted by atomic mass is 10.1. The largest absolute Gasteiger partial charge is 0.372 e. The molecule has 0 atom stereocenters. The van der Waals surface area contributed by atoms with E-state index in [-0.39, 0.29) is 0 Å². The molecule has 2 heterocycles. The maximum absolute atomic E-state index is 8.54. The summed E-state index contributed by atoms with van der Waals surface area (Å²) in [6.45, 7) is 3.30. The molecule has 0 N–H and O–H groups in total. The fourth-order valence-corrected chi connectivity index (χ4v) is 1.60. The van der Waals surface area contributed by atoms with Crippen molar-refractivity contribution < 1.29 is 4.74 Å². The molecule has 0 amide bonds. The summed E-state index contributed by atoms with van der Waals surface area (Å²) in [5.41, 5.74) is 4.24. The predicted molar refractivity (Wildman–Crippen MR) is 46.8 cm³/mol. The third-order valence-corrected chi connectivity index (χ3v) is 2.24. The van der Waals surface area contributed by atoms with E-state index in [1.165, 1.54) is 11.1 Å².